The van der Waals surface area contributed by atoms with E-state index in [-0.39, 0.29) is 11.7 Å². The van der Waals surface area contributed by atoms with Crippen molar-refractivity contribution in [3.8, 4) is 11.4 Å². The number of methoxy groups -OCH3 is 1. The molecular weight excluding hydrogens is 384 g/mol. The van der Waals surface area contributed by atoms with Gasteiger partial charge < -0.3 is 10.1 Å². The number of nitrogens with one attached hydrogen (secondary N) is 1. The number of unbranched alkanes of at least 4 members (excludes halogenated alkanes) is 1. The molecule has 0 aliphatic carbocycles. The maximum absolute atomic E-state index is 12.4. The second kappa shape index (κ2) is 10.1. The number of carbonyl (C=O) groups is 1. The van der Waals surface area contributed by atoms with Crippen LogP contribution in [0, 0.1) is 6.92 Å². The van der Waals surface area contributed by atoms with Gasteiger partial charge in [0.2, 0.25) is 5.91 Å². The van der Waals surface area contributed by atoms with E-state index in [4.69, 9.17) is 4.74 Å². The molecule has 0 saturated heterocycles. The zero-order valence-corrected chi connectivity index (χ0v) is 17.8. The van der Waals surface area contributed by atoms with E-state index in [1.54, 1.807) is 7.11 Å². The Labute approximate surface area is 175 Å². The largest absolute Gasteiger partial charge is 0.495 e. The first kappa shape index (κ1) is 20.9. The Bertz CT molecular complexity index is 954. The molecule has 3 rings (SSSR count). The fraction of sp³-hybridized carbons (Fsp3) is 0.318. The summed E-state index contributed by atoms with van der Waals surface area (Å²) in [5.74, 6) is 1.62. The van der Waals surface area contributed by atoms with Crippen molar-refractivity contribution in [2.24, 2.45) is 0 Å². The van der Waals surface area contributed by atoms with E-state index in [2.05, 4.69) is 34.6 Å². The van der Waals surface area contributed by atoms with Gasteiger partial charge in [-0.3, -0.25) is 9.36 Å². The van der Waals surface area contributed by atoms with Crippen molar-refractivity contribution in [3.05, 3.63) is 59.9 Å². The molecule has 0 unspecified atom stereocenters. The Hall–Kier alpha value is -2.80. The van der Waals surface area contributed by atoms with Crippen LogP contribution in [0.1, 0.15) is 31.2 Å². The average molecular weight is 411 g/mol. The summed E-state index contributed by atoms with van der Waals surface area (Å²) in [5, 5.41) is 12.0. The third-order valence-corrected chi connectivity index (χ3v) is 5.44. The van der Waals surface area contributed by atoms with Crippen molar-refractivity contribution < 1.29 is 9.53 Å². The second-order valence-corrected chi connectivity index (χ2v) is 7.62. The van der Waals surface area contributed by atoms with Gasteiger partial charge in [0.15, 0.2) is 5.16 Å². The number of aromatic nitrogens is 3. The molecule has 3 aromatic rings. The third-order valence-electron chi connectivity index (χ3n) is 4.51. The van der Waals surface area contributed by atoms with Crippen LogP contribution < -0.4 is 10.1 Å². The van der Waals surface area contributed by atoms with Gasteiger partial charge in [0, 0.05) is 5.69 Å². The van der Waals surface area contributed by atoms with Gasteiger partial charge in [-0.25, -0.2) is 0 Å². The van der Waals surface area contributed by atoms with Gasteiger partial charge in [0.05, 0.1) is 18.6 Å². The SMILES string of the molecule is CCCCc1ccc(NC(=O)CSc2nnc(C)n2-c2ccccc2OC)cc1. The van der Waals surface area contributed by atoms with Gasteiger partial charge in [-0.2, -0.15) is 0 Å². The molecule has 0 radical (unpaired) electrons. The van der Waals surface area contributed by atoms with Gasteiger partial charge >= 0.3 is 0 Å². The Morgan fingerprint density at radius 2 is 1.90 bits per heavy atom. The summed E-state index contributed by atoms with van der Waals surface area (Å²) in [7, 11) is 1.63. The van der Waals surface area contributed by atoms with Crippen LogP contribution >= 0.6 is 11.8 Å². The zero-order valence-electron chi connectivity index (χ0n) is 17.0. The molecule has 0 aliphatic heterocycles. The van der Waals surface area contributed by atoms with Crippen LogP contribution in [-0.2, 0) is 11.2 Å². The van der Waals surface area contributed by atoms with Crippen LogP contribution in [0.15, 0.2) is 53.7 Å². The standard InChI is InChI=1S/C22H26N4O2S/c1-4-5-8-17-11-13-18(14-12-17)23-21(27)15-29-22-25-24-16(2)26(22)19-9-6-7-10-20(19)28-3/h6-7,9-14H,4-5,8,15H2,1-3H3,(H,23,27). The molecule has 7 heteroatoms. The number of rotatable bonds is 9. The molecule has 152 valence electrons. The molecule has 0 fully saturated rings. The maximum atomic E-state index is 12.4. The van der Waals surface area contributed by atoms with E-state index < -0.39 is 0 Å². The van der Waals surface area contributed by atoms with Crippen molar-refractivity contribution in [1.29, 1.82) is 0 Å². The lowest BCUT2D eigenvalue weighted by atomic mass is 10.1. The molecule has 0 spiro atoms. The Morgan fingerprint density at radius 3 is 2.62 bits per heavy atom. The number of hydrogen-bond acceptors (Lipinski definition) is 5. The minimum Gasteiger partial charge on any atom is -0.495 e. The third kappa shape index (κ3) is 5.38. The summed E-state index contributed by atoms with van der Waals surface area (Å²) < 4.78 is 7.35. The molecule has 29 heavy (non-hydrogen) atoms. The normalized spacial score (nSPS) is 10.7. The summed E-state index contributed by atoms with van der Waals surface area (Å²) in [6, 6.07) is 15.7. The number of nitrogens with zero attached hydrogens (tertiary/aromatic N) is 3. The highest BCUT2D eigenvalue weighted by molar-refractivity contribution is 7.99. The van der Waals surface area contributed by atoms with Crippen molar-refractivity contribution in [2.75, 3.05) is 18.2 Å². The Balaban J connectivity index is 1.64. The van der Waals surface area contributed by atoms with Crippen molar-refractivity contribution in [3.63, 3.8) is 0 Å². The van der Waals surface area contributed by atoms with E-state index in [1.807, 2.05) is 47.9 Å². The predicted octanol–water partition coefficient (Wildman–Crippen LogP) is 4.66. The molecule has 1 heterocycles. The van der Waals surface area contributed by atoms with Crippen LogP contribution in [0.4, 0.5) is 5.69 Å². The van der Waals surface area contributed by atoms with E-state index >= 15 is 0 Å². The molecule has 0 aliphatic rings. The molecule has 0 saturated carbocycles. The molecule has 6 nitrogen and oxygen atoms in total. The van der Waals surface area contributed by atoms with E-state index in [1.165, 1.54) is 30.2 Å². The van der Waals surface area contributed by atoms with Gasteiger partial charge in [-0.15, -0.1) is 10.2 Å². The first-order valence-electron chi connectivity index (χ1n) is 9.69. The molecule has 1 N–H and O–H groups in total. The minimum absolute atomic E-state index is 0.0801. The monoisotopic (exact) mass is 410 g/mol. The number of benzene rings is 2. The lowest BCUT2D eigenvalue weighted by Crippen LogP contribution is -2.14. The van der Waals surface area contributed by atoms with Gasteiger partial charge in [0.1, 0.15) is 11.6 Å². The highest BCUT2D eigenvalue weighted by Gasteiger charge is 2.16. The summed E-state index contributed by atoms with van der Waals surface area (Å²) in [6.45, 7) is 4.06. The summed E-state index contributed by atoms with van der Waals surface area (Å²) >= 11 is 1.35. The average Bonchev–Trinajstić information content (AvgIpc) is 3.12. The number of thioether (sulfide) groups is 1. The number of carbonyl (C=O) groups excluding carboxylic acids is 1. The van der Waals surface area contributed by atoms with Crippen LogP contribution in [0.5, 0.6) is 5.75 Å². The van der Waals surface area contributed by atoms with Crippen molar-refractivity contribution in [1.82, 2.24) is 14.8 Å². The van der Waals surface area contributed by atoms with E-state index in [0.717, 1.165) is 29.4 Å². The quantitative estimate of drug-likeness (QED) is 0.520. The van der Waals surface area contributed by atoms with E-state index in [9.17, 15) is 4.79 Å². The smallest absolute Gasteiger partial charge is 0.234 e. The zero-order chi connectivity index (χ0) is 20.6. The Kier molecular flexibility index (Phi) is 7.30. The Morgan fingerprint density at radius 1 is 1.14 bits per heavy atom. The molecule has 0 atom stereocenters. The molecule has 0 bridgehead atoms. The number of aryl methyl sites for hydroxylation is 2. The van der Waals surface area contributed by atoms with Gasteiger partial charge in [-0.1, -0.05) is 49.4 Å². The molecule has 2 aromatic carbocycles. The van der Waals surface area contributed by atoms with Crippen LogP contribution in [0.2, 0.25) is 0 Å². The first-order valence-corrected chi connectivity index (χ1v) is 10.7. The van der Waals surface area contributed by atoms with Crippen LogP contribution in [-0.4, -0.2) is 33.5 Å². The lowest BCUT2D eigenvalue weighted by molar-refractivity contribution is -0.113. The number of amides is 1. The van der Waals surface area contributed by atoms with Gasteiger partial charge in [-0.05, 0) is 49.6 Å². The molecule has 1 amide bonds. The summed E-state index contributed by atoms with van der Waals surface area (Å²) in [5.41, 5.74) is 2.95. The topological polar surface area (TPSA) is 69.0 Å². The van der Waals surface area contributed by atoms with E-state index in [0.29, 0.717) is 5.16 Å². The van der Waals surface area contributed by atoms with Crippen molar-refractivity contribution in [2.45, 2.75) is 38.3 Å². The minimum atomic E-state index is -0.0801. The van der Waals surface area contributed by atoms with Crippen LogP contribution in [0.3, 0.4) is 0 Å². The first-order chi connectivity index (χ1) is 14.1. The van der Waals surface area contributed by atoms with Crippen molar-refractivity contribution >= 4 is 23.4 Å². The fourth-order valence-corrected chi connectivity index (χ4v) is 3.78. The fourth-order valence-electron chi connectivity index (χ4n) is 2.99. The second-order valence-electron chi connectivity index (χ2n) is 6.67. The van der Waals surface area contributed by atoms with Crippen LogP contribution in [0.25, 0.3) is 5.69 Å². The molecular formula is C22H26N4O2S. The lowest BCUT2D eigenvalue weighted by Gasteiger charge is -2.12. The number of ether oxygens (including phenoxy) is 1. The molecule has 1 aromatic heterocycles. The summed E-state index contributed by atoms with van der Waals surface area (Å²) in [4.78, 5) is 12.4. The maximum Gasteiger partial charge on any atom is 0.234 e. The highest BCUT2D eigenvalue weighted by Crippen LogP contribution is 2.28. The summed E-state index contributed by atoms with van der Waals surface area (Å²) in [6.07, 6.45) is 3.42. The highest BCUT2D eigenvalue weighted by atomic mass is 32.2. The predicted molar refractivity (Wildman–Crippen MR) is 117 cm³/mol. The number of hydrogen-bond donors (Lipinski definition) is 1. The van der Waals surface area contributed by atoms with Gasteiger partial charge in [0.25, 0.3) is 0 Å². The number of para-hydroxylation sites is 2. The number of anilines is 1.